The fourth-order valence-electron chi connectivity index (χ4n) is 7.10. The van der Waals surface area contributed by atoms with Crippen molar-refractivity contribution in [1.29, 1.82) is 0 Å². The number of hydrogen-bond donors (Lipinski definition) is 0. The van der Waals surface area contributed by atoms with Crippen LogP contribution in [-0.4, -0.2) is 47.3 Å². The highest BCUT2D eigenvalue weighted by Gasteiger charge is 2.35. The zero-order valence-corrected chi connectivity index (χ0v) is 27.6. The molecule has 3 aliphatic rings. The van der Waals surface area contributed by atoms with Gasteiger partial charge in [-0.15, -0.1) is 0 Å². The van der Waals surface area contributed by atoms with E-state index >= 15 is 0 Å². The molecule has 2 fully saturated rings. The van der Waals surface area contributed by atoms with Crippen molar-refractivity contribution in [2.45, 2.75) is 53.4 Å². The van der Waals surface area contributed by atoms with Crippen molar-refractivity contribution < 1.29 is 23.4 Å². The van der Waals surface area contributed by atoms with E-state index in [0.29, 0.717) is 32.3 Å². The van der Waals surface area contributed by atoms with Crippen LogP contribution in [0.5, 0.6) is 5.75 Å². The molecule has 0 aromatic heterocycles. The molecule has 7 rings (SSSR count). The normalized spacial score (nSPS) is 16.0. The van der Waals surface area contributed by atoms with Gasteiger partial charge in [0.1, 0.15) is 5.75 Å². The molecule has 2 heterocycles. The summed E-state index contributed by atoms with van der Waals surface area (Å²) in [6.07, 6.45) is 4.93. The average molecular weight is 614 g/mol. The van der Waals surface area contributed by atoms with Crippen molar-refractivity contribution in [2.24, 2.45) is 11.8 Å². The summed E-state index contributed by atoms with van der Waals surface area (Å²) in [6.45, 7) is 12.3. The molecule has 2 aliphatic heterocycles. The van der Waals surface area contributed by atoms with Gasteiger partial charge in [-0.25, -0.2) is 0 Å². The molecule has 0 saturated carbocycles. The highest BCUT2D eigenvalue weighted by atomic mass is 16.6. The molecule has 0 amide bonds. The van der Waals surface area contributed by atoms with Crippen molar-refractivity contribution in [1.82, 2.24) is 0 Å². The van der Waals surface area contributed by atoms with Crippen LogP contribution in [0.15, 0.2) is 72.8 Å². The molecular formula is C39H44B2O5. The molecule has 1 aliphatic carbocycles. The lowest BCUT2D eigenvalue weighted by molar-refractivity contribution is 0.276. The van der Waals surface area contributed by atoms with Crippen LogP contribution in [0.1, 0.15) is 52.0 Å². The Morgan fingerprint density at radius 2 is 1.30 bits per heavy atom. The first-order valence-electron chi connectivity index (χ1n) is 17.1. The third-order valence-corrected chi connectivity index (χ3v) is 9.58. The maximum absolute atomic E-state index is 6.25. The molecule has 0 radical (unpaired) electrons. The van der Waals surface area contributed by atoms with E-state index in [1.807, 2.05) is 0 Å². The quantitative estimate of drug-likeness (QED) is 0.143. The topological polar surface area (TPSA) is 46.2 Å². The molecule has 1 atom stereocenters. The van der Waals surface area contributed by atoms with Crippen molar-refractivity contribution in [3.05, 3.63) is 78.4 Å². The molecule has 0 spiro atoms. The predicted octanol–water partition coefficient (Wildman–Crippen LogP) is 7.69. The molecule has 4 aromatic carbocycles. The summed E-state index contributed by atoms with van der Waals surface area (Å²) in [5.41, 5.74) is 12.7. The van der Waals surface area contributed by atoms with Crippen LogP contribution in [0.25, 0.3) is 44.5 Å². The molecule has 5 nitrogen and oxygen atoms in total. The van der Waals surface area contributed by atoms with Crippen LogP contribution in [-0.2, 0) is 18.6 Å². The zero-order chi connectivity index (χ0) is 31.6. The number of rotatable bonds is 11. The summed E-state index contributed by atoms with van der Waals surface area (Å²) in [7, 11) is -0.741. The van der Waals surface area contributed by atoms with E-state index in [4.69, 9.17) is 23.4 Å². The van der Waals surface area contributed by atoms with Gasteiger partial charge in [-0.3, -0.25) is 0 Å². The Kier molecular flexibility index (Phi) is 9.37. The fourth-order valence-corrected chi connectivity index (χ4v) is 7.10. The Balaban J connectivity index is 1.27. The molecular weight excluding hydrogens is 570 g/mol. The smallest absolute Gasteiger partial charge is 0.494 e. The van der Waals surface area contributed by atoms with E-state index in [1.165, 1.54) is 58.2 Å². The minimum absolute atomic E-state index is 0.337. The zero-order valence-electron chi connectivity index (χ0n) is 27.6. The second kappa shape index (κ2) is 13.8. The predicted molar refractivity (Wildman–Crippen MR) is 189 cm³/mol. The lowest BCUT2D eigenvalue weighted by Gasteiger charge is -2.20. The Morgan fingerprint density at radius 1 is 0.630 bits per heavy atom. The van der Waals surface area contributed by atoms with Crippen LogP contribution < -0.4 is 15.7 Å². The molecule has 2 saturated heterocycles. The van der Waals surface area contributed by atoms with Gasteiger partial charge in [0, 0.05) is 0 Å². The second-order valence-corrected chi connectivity index (χ2v) is 13.5. The number of hydrogen-bond acceptors (Lipinski definition) is 5. The first kappa shape index (κ1) is 31.3. The van der Waals surface area contributed by atoms with Crippen molar-refractivity contribution in [3.8, 4) is 50.3 Å². The summed E-state index contributed by atoms with van der Waals surface area (Å²) < 4.78 is 30.3. The molecule has 46 heavy (non-hydrogen) atoms. The largest absolute Gasteiger partial charge is 0.494 e. The monoisotopic (exact) mass is 614 g/mol. The maximum atomic E-state index is 6.25. The van der Waals surface area contributed by atoms with Gasteiger partial charge in [0.15, 0.2) is 0 Å². The van der Waals surface area contributed by atoms with Gasteiger partial charge < -0.3 is 23.4 Å². The lowest BCUT2D eigenvalue weighted by atomic mass is 9.71. The van der Waals surface area contributed by atoms with Gasteiger partial charge in [-0.2, -0.15) is 0 Å². The van der Waals surface area contributed by atoms with Crippen LogP contribution in [0.4, 0.5) is 0 Å². The SMILES string of the molecule is Cc1ccc2c(c1)-c1cc(B3OCCO3)ccc1-c1ccc(B3OCCO3)c-2c1-c1ccc(OCCC(C)CCCC(C)C)cc1. The Hall–Kier alpha value is -3.35. The van der Waals surface area contributed by atoms with Crippen LogP contribution >= 0.6 is 0 Å². The molecule has 2 bridgehead atoms. The highest BCUT2D eigenvalue weighted by molar-refractivity contribution is 6.64. The van der Waals surface area contributed by atoms with Gasteiger partial charge in [-0.05, 0) is 92.7 Å². The molecule has 1 unspecified atom stereocenters. The number of ether oxygens (including phenoxy) is 1. The minimum Gasteiger partial charge on any atom is -0.494 e. The van der Waals surface area contributed by atoms with Gasteiger partial charge in [0.05, 0.1) is 33.0 Å². The first-order chi connectivity index (χ1) is 22.5. The minimum atomic E-state index is -0.404. The number of fused-ring (bicyclic) bond motifs is 7. The standard InChI is InChI=1S/C39H44B2O5/c1-26(2)6-5-7-27(3)18-19-42-31-12-9-29(10-13-31)38-33-16-17-37(41-45-22-23-46-41)39(38)34-14-8-28(4)24-35(34)36-25-30(11-15-32(33)36)40-43-20-21-44-40/h8-17,24-27H,5-7,18-23H2,1-4H3. The van der Waals surface area contributed by atoms with E-state index in [9.17, 15) is 0 Å². The molecule has 0 N–H and O–H groups in total. The Bertz CT molecular complexity index is 1670. The average Bonchev–Trinajstić information content (AvgIpc) is 3.79. The number of aryl methyl sites for hydroxylation is 1. The van der Waals surface area contributed by atoms with Crippen LogP contribution in [0.2, 0.25) is 0 Å². The van der Waals surface area contributed by atoms with E-state index in [1.54, 1.807) is 0 Å². The summed E-state index contributed by atoms with van der Waals surface area (Å²) in [5.74, 6) is 2.35. The summed E-state index contributed by atoms with van der Waals surface area (Å²) in [5, 5.41) is 0. The fraction of sp³-hybridized carbons (Fsp3) is 0.385. The van der Waals surface area contributed by atoms with E-state index in [-0.39, 0.29) is 7.12 Å². The van der Waals surface area contributed by atoms with E-state index in [0.717, 1.165) is 46.7 Å². The summed E-state index contributed by atoms with van der Waals surface area (Å²) >= 11 is 0. The van der Waals surface area contributed by atoms with Crippen molar-refractivity contribution in [3.63, 3.8) is 0 Å². The van der Waals surface area contributed by atoms with Gasteiger partial charge in [-0.1, -0.05) is 106 Å². The van der Waals surface area contributed by atoms with Gasteiger partial charge in [0.2, 0.25) is 0 Å². The Morgan fingerprint density at radius 3 is 2.04 bits per heavy atom. The highest BCUT2D eigenvalue weighted by Crippen LogP contribution is 2.49. The van der Waals surface area contributed by atoms with Crippen LogP contribution in [0, 0.1) is 18.8 Å². The number of benzene rings is 4. The Labute approximate surface area is 274 Å². The third kappa shape index (κ3) is 6.44. The maximum Gasteiger partial charge on any atom is 0.494 e. The van der Waals surface area contributed by atoms with E-state index in [2.05, 4.69) is 100 Å². The van der Waals surface area contributed by atoms with E-state index < -0.39 is 7.12 Å². The molecule has 7 heteroatoms. The van der Waals surface area contributed by atoms with Crippen molar-refractivity contribution >= 4 is 25.2 Å². The second-order valence-electron chi connectivity index (χ2n) is 13.5. The molecule has 4 aromatic rings. The molecule has 236 valence electrons. The summed E-state index contributed by atoms with van der Waals surface area (Å²) in [4.78, 5) is 0. The van der Waals surface area contributed by atoms with Gasteiger partial charge in [0.25, 0.3) is 0 Å². The summed E-state index contributed by atoms with van der Waals surface area (Å²) in [6, 6.07) is 26.5. The first-order valence-corrected chi connectivity index (χ1v) is 17.1. The van der Waals surface area contributed by atoms with Crippen LogP contribution in [0.3, 0.4) is 0 Å². The van der Waals surface area contributed by atoms with Crippen molar-refractivity contribution in [2.75, 3.05) is 33.0 Å². The van der Waals surface area contributed by atoms with Gasteiger partial charge >= 0.3 is 14.2 Å². The third-order valence-electron chi connectivity index (χ3n) is 9.58. The lowest BCUT2D eigenvalue weighted by Crippen LogP contribution is -2.33.